The standard InChI is InChI=1S/C11H18O3/c1-7(2)9(12)6-10(14-5)11(13)8(3)4/h6-8H,1-5H3/b10-6-. The van der Waals surface area contributed by atoms with Gasteiger partial charge in [0.15, 0.2) is 17.3 Å². The fourth-order valence-electron chi connectivity index (χ4n) is 0.811. The Kier molecular flexibility index (Phi) is 5.13. The van der Waals surface area contributed by atoms with Crippen molar-refractivity contribution in [3.8, 4) is 0 Å². The number of rotatable bonds is 5. The quantitative estimate of drug-likeness (QED) is 0.501. The van der Waals surface area contributed by atoms with E-state index in [1.807, 2.05) is 0 Å². The molecule has 3 nitrogen and oxygen atoms in total. The lowest BCUT2D eigenvalue weighted by Crippen LogP contribution is -2.14. The van der Waals surface area contributed by atoms with Crippen molar-refractivity contribution in [3.63, 3.8) is 0 Å². The van der Waals surface area contributed by atoms with E-state index in [-0.39, 0.29) is 29.2 Å². The molecule has 0 aromatic heterocycles. The third-order valence-corrected chi connectivity index (χ3v) is 1.83. The second-order valence-corrected chi connectivity index (χ2v) is 3.79. The number of ketones is 2. The van der Waals surface area contributed by atoms with Gasteiger partial charge in [-0.05, 0) is 0 Å². The van der Waals surface area contributed by atoms with Crippen molar-refractivity contribution in [2.24, 2.45) is 11.8 Å². The van der Waals surface area contributed by atoms with Gasteiger partial charge in [-0.2, -0.15) is 0 Å². The Labute approximate surface area is 85.1 Å². The lowest BCUT2D eigenvalue weighted by Gasteiger charge is -2.08. The first-order chi connectivity index (χ1) is 6.40. The van der Waals surface area contributed by atoms with Gasteiger partial charge in [0.1, 0.15) is 0 Å². The number of carbonyl (C=O) groups excluding carboxylic acids is 2. The Morgan fingerprint density at radius 2 is 1.57 bits per heavy atom. The van der Waals surface area contributed by atoms with Crippen LogP contribution in [0.25, 0.3) is 0 Å². The summed E-state index contributed by atoms with van der Waals surface area (Å²) >= 11 is 0. The molecule has 0 aliphatic carbocycles. The zero-order chi connectivity index (χ0) is 11.3. The van der Waals surface area contributed by atoms with Crippen LogP contribution in [-0.4, -0.2) is 18.7 Å². The summed E-state index contributed by atoms with van der Waals surface area (Å²) in [5, 5.41) is 0. The van der Waals surface area contributed by atoms with Crippen LogP contribution >= 0.6 is 0 Å². The predicted octanol–water partition coefficient (Wildman–Crippen LogP) is 1.97. The van der Waals surface area contributed by atoms with Gasteiger partial charge in [-0.15, -0.1) is 0 Å². The molecule has 0 bridgehead atoms. The normalized spacial score (nSPS) is 12.1. The highest BCUT2D eigenvalue weighted by molar-refractivity contribution is 6.02. The monoisotopic (exact) mass is 198 g/mol. The van der Waals surface area contributed by atoms with E-state index in [0.717, 1.165) is 0 Å². The largest absolute Gasteiger partial charge is 0.493 e. The molecule has 0 amide bonds. The Morgan fingerprint density at radius 3 is 1.86 bits per heavy atom. The number of hydrogen-bond acceptors (Lipinski definition) is 3. The van der Waals surface area contributed by atoms with Crippen LogP contribution in [0.1, 0.15) is 27.7 Å². The molecule has 0 fully saturated rings. The summed E-state index contributed by atoms with van der Waals surface area (Å²) in [7, 11) is 1.40. The van der Waals surface area contributed by atoms with Crippen molar-refractivity contribution in [1.82, 2.24) is 0 Å². The molecule has 0 saturated carbocycles. The van der Waals surface area contributed by atoms with E-state index in [0.29, 0.717) is 0 Å². The van der Waals surface area contributed by atoms with Crippen LogP contribution in [0.4, 0.5) is 0 Å². The van der Waals surface area contributed by atoms with Gasteiger partial charge in [-0.1, -0.05) is 27.7 Å². The summed E-state index contributed by atoms with van der Waals surface area (Å²) < 4.78 is 4.88. The van der Waals surface area contributed by atoms with E-state index in [1.165, 1.54) is 13.2 Å². The summed E-state index contributed by atoms with van der Waals surface area (Å²) in [5.41, 5.74) is 0. The van der Waals surface area contributed by atoms with E-state index < -0.39 is 0 Å². The van der Waals surface area contributed by atoms with Crippen LogP contribution in [0.3, 0.4) is 0 Å². The van der Waals surface area contributed by atoms with E-state index in [2.05, 4.69) is 0 Å². The van der Waals surface area contributed by atoms with E-state index >= 15 is 0 Å². The minimum Gasteiger partial charge on any atom is -0.493 e. The highest BCUT2D eigenvalue weighted by Gasteiger charge is 2.16. The number of Topliss-reactive ketones (excluding diaryl/α,β-unsaturated/α-hetero) is 1. The molecule has 0 radical (unpaired) electrons. The fourth-order valence-corrected chi connectivity index (χ4v) is 0.811. The van der Waals surface area contributed by atoms with Gasteiger partial charge in [0.05, 0.1) is 7.11 Å². The topological polar surface area (TPSA) is 43.4 Å². The van der Waals surface area contributed by atoms with Crippen LogP contribution in [0.2, 0.25) is 0 Å². The lowest BCUT2D eigenvalue weighted by molar-refractivity contribution is -0.122. The van der Waals surface area contributed by atoms with Crippen molar-refractivity contribution in [1.29, 1.82) is 0 Å². The molecule has 3 heteroatoms. The maximum Gasteiger partial charge on any atom is 0.199 e. The van der Waals surface area contributed by atoms with Gasteiger partial charge >= 0.3 is 0 Å². The Hall–Kier alpha value is -1.12. The Balaban J connectivity index is 4.72. The number of ether oxygens (including phenoxy) is 1. The van der Waals surface area contributed by atoms with E-state index in [9.17, 15) is 9.59 Å². The molecule has 0 unspecified atom stereocenters. The Bertz CT molecular complexity index is 249. The van der Waals surface area contributed by atoms with Crippen LogP contribution in [0.5, 0.6) is 0 Å². The average Bonchev–Trinajstić information content (AvgIpc) is 2.12. The minimum atomic E-state index is -0.152. The zero-order valence-corrected chi connectivity index (χ0v) is 9.46. The number of carbonyl (C=O) groups is 2. The first-order valence-electron chi connectivity index (χ1n) is 4.73. The smallest absolute Gasteiger partial charge is 0.199 e. The second kappa shape index (κ2) is 5.58. The van der Waals surface area contributed by atoms with Crippen LogP contribution in [0, 0.1) is 11.8 Å². The van der Waals surface area contributed by atoms with Gasteiger partial charge in [0.25, 0.3) is 0 Å². The summed E-state index contributed by atoms with van der Waals surface area (Å²) in [4.78, 5) is 22.8. The van der Waals surface area contributed by atoms with Gasteiger partial charge < -0.3 is 4.74 Å². The third-order valence-electron chi connectivity index (χ3n) is 1.83. The number of methoxy groups -OCH3 is 1. The molecule has 0 heterocycles. The summed E-state index contributed by atoms with van der Waals surface area (Å²) in [5.74, 6) is -0.336. The van der Waals surface area contributed by atoms with Crippen LogP contribution < -0.4 is 0 Å². The molecule has 80 valence electrons. The Morgan fingerprint density at radius 1 is 1.07 bits per heavy atom. The summed E-state index contributed by atoms with van der Waals surface area (Å²) in [6.07, 6.45) is 1.28. The maximum atomic E-state index is 11.5. The predicted molar refractivity (Wildman–Crippen MR) is 54.8 cm³/mol. The van der Waals surface area contributed by atoms with Crippen molar-refractivity contribution in [2.45, 2.75) is 27.7 Å². The summed E-state index contributed by atoms with van der Waals surface area (Å²) in [6, 6.07) is 0. The van der Waals surface area contributed by atoms with Crippen molar-refractivity contribution in [2.75, 3.05) is 7.11 Å². The maximum absolute atomic E-state index is 11.5. The molecular weight excluding hydrogens is 180 g/mol. The van der Waals surface area contributed by atoms with Gasteiger partial charge in [0, 0.05) is 17.9 Å². The fraction of sp³-hybridized carbons (Fsp3) is 0.636. The molecule has 0 saturated heterocycles. The first-order valence-corrected chi connectivity index (χ1v) is 4.73. The second-order valence-electron chi connectivity index (χ2n) is 3.79. The molecule has 0 aromatic rings. The molecule has 0 aromatic carbocycles. The molecule has 0 N–H and O–H groups in total. The first kappa shape index (κ1) is 12.9. The van der Waals surface area contributed by atoms with Crippen LogP contribution in [-0.2, 0) is 14.3 Å². The zero-order valence-electron chi connectivity index (χ0n) is 9.46. The molecule has 0 rings (SSSR count). The minimum absolute atomic E-state index is 0.0872. The van der Waals surface area contributed by atoms with Crippen molar-refractivity contribution >= 4 is 11.6 Å². The van der Waals surface area contributed by atoms with Crippen LogP contribution in [0.15, 0.2) is 11.8 Å². The number of hydrogen-bond donors (Lipinski definition) is 0. The van der Waals surface area contributed by atoms with Gasteiger partial charge in [-0.3, -0.25) is 9.59 Å². The van der Waals surface area contributed by atoms with E-state index in [4.69, 9.17) is 4.74 Å². The third kappa shape index (κ3) is 3.73. The highest BCUT2D eigenvalue weighted by Crippen LogP contribution is 2.08. The molecule has 0 atom stereocenters. The molecule has 0 aliphatic heterocycles. The molecular formula is C11H18O3. The number of allylic oxidation sites excluding steroid dienone is 2. The molecule has 0 aliphatic rings. The molecule has 14 heavy (non-hydrogen) atoms. The molecule has 0 spiro atoms. The van der Waals surface area contributed by atoms with Gasteiger partial charge in [0.2, 0.25) is 0 Å². The lowest BCUT2D eigenvalue weighted by atomic mass is 10.0. The van der Waals surface area contributed by atoms with Crippen molar-refractivity contribution in [3.05, 3.63) is 11.8 Å². The SMILES string of the molecule is CO/C(=C\C(=O)C(C)C)C(=O)C(C)C. The van der Waals surface area contributed by atoms with Gasteiger partial charge in [-0.25, -0.2) is 0 Å². The van der Waals surface area contributed by atoms with E-state index in [1.54, 1.807) is 27.7 Å². The highest BCUT2D eigenvalue weighted by atomic mass is 16.5. The summed E-state index contributed by atoms with van der Waals surface area (Å²) in [6.45, 7) is 7.11. The van der Waals surface area contributed by atoms with Crippen molar-refractivity contribution < 1.29 is 14.3 Å². The average molecular weight is 198 g/mol.